The van der Waals surface area contributed by atoms with Crippen molar-refractivity contribution in [1.29, 1.82) is 0 Å². The van der Waals surface area contributed by atoms with Gasteiger partial charge in [0.05, 0.1) is 18.1 Å². The first-order valence-corrected chi connectivity index (χ1v) is 11.3. The van der Waals surface area contributed by atoms with E-state index in [4.69, 9.17) is 4.74 Å². The second-order valence-electron chi connectivity index (χ2n) is 7.64. The van der Waals surface area contributed by atoms with Gasteiger partial charge in [0, 0.05) is 7.05 Å². The summed E-state index contributed by atoms with van der Waals surface area (Å²) in [7, 11) is -1.12. The number of aliphatic hydroxyl groups excluding tert-OH is 1. The molecule has 1 saturated carbocycles. The highest BCUT2D eigenvalue weighted by molar-refractivity contribution is 7.89. The molecule has 3 atom stereocenters. The Morgan fingerprint density at radius 1 is 1.07 bits per heavy atom. The maximum atomic E-state index is 13.1. The van der Waals surface area contributed by atoms with E-state index in [9.17, 15) is 23.4 Å². The van der Waals surface area contributed by atoms with E-state index in [-0.39, 0.29) is 11.3 Å². The van der Waals surface area contributed by atoms with Crippen molar-refractivity contribution >= 4 is 16.0 Å². The lowest BCUT2D eigenvalue weighted by Crippen LogP contribution is -2.48. The SMILES string of the molecule is COc1ccc(-c2ccc(S(=O)(=O)N(C)C(C(=O)O)C3CCCC(O)C3)cc2)cc1. The van der Waals surface area contributed by atoms with Gasteiger partial charge in [-0.25, -0.2) is 8.42 Å². The second kappa shape index (κ2) is 9.16. The van der Waals surface area contributed by atoms with E-state index in [0.29, 0.717) is 19.3 Å². The molecule has 0 spiro atoms. The molecule has 7 nitrogen and oxygen atoms in total. The average molecular weight is 434 g/mol. The molecule has 0 bridgehead atoms. The number of methoxy groups -OCH3 is 1. The fourth-order valence-corrected chi connectivity index (χ4v) is 5.43. The molecule has 0 amide bonds. The Morgan fingerprint density at radius 3 is 2.13 bits per heavy atom. The number of sulfonamides is 1. The van der Waals surface area contributed by atoms with Crippen molar-refractivity contribution in [1.82, 2.24) is 4.31 Å². The van der Waals surface area contributed by atoms with Crippen LogP contribution in [0.5, 0.6) is 5.75 Å². The second-order valence-corrected chi connectivity index (χ2v) is 9.64. The minimum atomic E-state index is -4.01. The number of benzene rings is 2. The molecular weight excluding hydrogens is 406 g/mol. The summed E-state index contributed by atoms with van der Waals surface area (Å²) >= 11 is 0. The first-order chi connectivity index (χ1) is 14.2. The molecule has 0 aliphatic heterocycles. The zero-order valence-electron chi connectivity index (χ0n) is 17.1. The Kier molecular flexibility index (Phi) is 6.80. The molecule has 0 radical (unpaired) electrons. The van der Waals surface area contributed by atoms with Gasteiger partial charge < -0.3 is 14.9 Å². The molecule has 1 aliphatic rings. The number of rotatable bonds is 7. The van der Waals surface area contributed by atoms with E-state index in [2.05, 4.69) is 0 Å². The van der Waals surface area contributed by atoms with Gasteiger partial charge in [-0.3, -0.25) is 4.79 Å². The Balaban J connectivity index is 1.84. The first kappa shape index (κ1) is 22.3. The van der Waals surface area contributed by atoms with Gasteiger partial charge in [-0.15, -0.1) is 0 Å². The molecule has 2 N–H and O–H groups in total. The lowest BCUT2D eigenvalue weighted by Gasteiger charge is -2.34. The molecule has 162 valence electrons. The lowest BCUT2D eigenvalue weighted by atomic mass is 9.82. The number of nitrogens with zero attached hydrogens (tertiary/aromatic N) is 1. The van der Waals surface area contributed by atoms with Gasteiger partial charge in [0.2, 0.25) is 10.0 Å². The maximum Gasteiger partial charge on any atom is 0.322 e. The summed E-state index contributed by atoms with van der Waals surface area (Å²) < 4.78 is 32.3. The Hall–Kier alpha value is -2.42. The maximum absolute atomic E-state index is 13.1. The fourth-order valence-electron chi connectivity index (χ4n) is 4.06. The molecule has 8 heteroatoms. The van der Waals surface area contributed by atoms with Crippen LogP contribution in [0.15, 0.2) is 53.4 Å². The normalized spacial score (nSPS) is 20.7. The number of carbonyl (C=O) groups is 1. The largest absolute Gasteiger partial charge is 0.497 e. The van der Waals surface area contributed by atoms with Crippen LogP contribution in [-0.2, 0) is 14.8 Å². The van der Waals surface area contributed by atoms with Gasteiger partial charge >= 0.3 is 5.97 Å². The monoisotopic (exact) mass is 433 g/mol. The summed E-state index contributed by atoms with van der Waals surface area (Å²) in [6.07, 6.45) is 1.56. The van der Waals surface area contributed by atoms with Crippen LogP contribution in [-0.4, -0.2) is 55.2 Å². The molecule has 2 aromatic carbocycles. The van der Waals surface area contributed by atoms with E-state index in [1.54, 1.807) is 19.2 Å². The van der Waals surface area contributed by atoms with Crippen LogP contribution < -0.4 is 4.74 Å². The minimum absolute atomic E-state index is 0.0323. The summed E-state index contributed by atoms with van der Waals surface area (Å²) in [6, 6.07) is 12.6. The average Bonchev–Trinajstić information content (AvgIpc) is 2.74. The van der Waals surface area contributed by atoms with Crippen molar-refractivity contribution < 1.29 is 28.2 Å². The van der Waals surface area contributed by atoms with Gasteiger partial charge in [-0.1, -0.05) is 30.7 Å². The molecule has 30 heavy (non-hydrogen) atoms. The molecule has 0 heterocycles. The summed E-state index contributed by atoms with van der Waals surface area (Å²) in [5.74, 6) is -0.897. The van der Waals surface area contributed by atoms with Crippen LogP contribution in [0.3, 0.4) is 0 Å². The lowest BCUT2D eigenvalue weighted by molar-refractivity contribution is -0.143. The topological polar surface area (TPSA) is 104 Å². The number of aliphatic carboxylic acids is 1. The molecule has 2 aromatic rings. The zero-order chi connectivity index (χ0) is 21.9. The van der Waals surface area contributed by atoms with Crippen molar-refractivity contribution in [2.45, 2.75) is 42.7 Å². The highest BCUT2D eigenvalue weighted by Gasteiger charge is 2.40. The number of hydrogen-bond acceptors (Lipinski definition) is 5. The van der Waals surface area contributed by atoms with E-state index in [0.717, 1.165) is 21.2 Å². The predicted octanol–water partition coefficient (Wildman–Crippen LogP) is 2.99. The van der Waals surface area contributed by atoms with Gasteiger partial charge in [0.15, 0.2) is 0 Å². The highest BCUT2D eigenvalue weighted by Crippen LogP contribution is 2.32. The summed E-state index contributed by atoms with van der Waals surface area (Å²) in [5, 5.41) is 19.6. The molecule has 1 fully saturated rings. The standard InChI is InChI=1S/C22H27NO6S/c1-23(21(22(25)26)17-4-3-5-18(24)14-17)30(27,28)20-12-8-16(9-13-20)15-6-10-19(29-2)11-7-15/h6-13,17-18,21,24H,3-5,14H2,1-2H3,(H,25,26). The predicted molar refractivity (Wildman–Crippen MR) is 113 cm³/mol. The van der Waals surface area contributed by atoms with Crippen LogP contribution in [0.1, 0.15) is 25.7 Å². The molecule has 0 aromatic heterocycles. The van der Waals surface area contributed by atoms with Crippen molar-refractivity contribution in [3.63, 3.8) is 0 Å². The van der Waals surface area contributed by atoms with E-state index in [1.807, 2.05) is 24.3 Å². The third-order valence-corrected chi connectivity index (χ3v) is 7.59. The quantitative estimate of drug-likeness (QED) is 0.696. The van der Waals surface area contributed by atoms with Crippen molar-refractivity contribution in [2.24, 2.45) is 5.92 Å². The summed E-state index contributed by atoms with van der Waals surface area (Å²) in [6.45, 7) is 0. The van der Waals surface area contributed by atoms with Crippen LogP contribution in [0.2, 0.25) is 0 Å². The van der Waals surface area contributed by atoms with Gasteiger partial charge in [0.1, 0.15) is 11.8 Å². The van der Waals surface area contributed by atoms with E-state index < -0.39 is 34.1 Å². The number of likely N-dealkylation sites (N-methyl/N-ethyl adjacent to an activating group) is 1. The number of aliphatic hydroxyl groups is 1. The van der Waals surface area contributed by atoms with E-state index >= 15 is 0 Å². The van der Waals surface area contributed by atoms with Gasteiger partial charge in [-0.2, -0.15) is 4.31 Å². The fraction of sp³-hybridized carbons (Fsp3) is 0.409. The number of carboxylic acid groups (broad SMARTS) is 1. The molecule has 0 saturated heterocycles. The third-order valence-electron chi connectivity index (χ3n) is 5.73. The zero-order valence-corrected chi connectivity index (χ0v) is 17.9. The summed E-state index contributed by atoms with van der Waals surface area (Å²) in [4.78, 5) is 12.0. The number of hydrogen-bond donors (Lipinski definition) is 2. The van der Waals surface area contributed by atoms with Crippen LogP contribution in [0, 0.1) is 5.92 Å². The summed E-state index contributed by atoms with van der Waals surface area (Å²) in [5.41, 5.74) is 1.75. The number of carboxylic acids is 1. The molecular formula is C22H27NO6S. The molecule has 3 rings (SSSR count). The van der Waals surface area contributed by atoms with E-state index in [1.165, 1.54) is 19.2 Å². The smallest absolute Gasteiger partial charge is 0.322 e. The third kappa shape index (κ3) is 4.66. The number of ether oxygens (including phenoxy) is 1. The Bertz CT molecular complexity index is 972. The Labute approximate surface area is 177 Å². The molecule has 1 aliphatic carbocycles. The van der Waals surface area contributed by atoms with Crippen molar-refractivity contribution in [3.8, 4) is 16.9 Å². The van der Waals surface area contributed by atoms with Crippen LogP contribution in [0.25, 0.3) is 11.1 Å². The van der Waals surface area contributed by atoms with Gasteiger partial charge in [-0.05, 0) is 60.6 Å². The molecule has 3 unspecified atom stereocenters. The van der Waals surface area contributed by atoms with Crippen molar-refractivity contribution in [3.05, 3.63) is 48.5 Å². The minimum Gasteiger partial charge on any atom is -0.497 e. The first-order valence-electron chi connectivity index (χ1n) is 9.87. The highest BCUT2D eigenvalue weighted by atomic mass is 32.2. The van der Waals surface area contributed by atoms with Gasteiger partial charge in [0.25, 0.3) is 0 Å². The Morgan fingerprint density at radius 2 is 1.63 bits per heavy atom. The van der Waals surface area contributed by atoms with Crippen molar-refractivity contribution in [2.75, 3.05) is 14.2 Å². The van der Waals surface area contributed by atoms with Crippen LogP contribution >= 0.6 is 0 Å². The van der Waals surface area contributed by atoms with Crippen LogP contribution in [0.4, 0.5) is 0 Å².